The van der Waals surface area contributed by atoms with Gasteiger partial charge in [-0.3, -0.25) is 0 Å². The molecule has 0 bridgehead atoms. The molecule has 0 spiro atoms. The van der Waals surface area contributed by atoms with Crippen molar-refractivity contribution in [2.24, 2.45) is 0 Å². The van der Waals surface area contributed by atoms with Crippen molar-refractivity contribution in [2.75, 3.05) is 30.9 Å². The van der Waals surface area contributed by atoms with Crippen molar-refractivity contribution in [1.82, 2.24) is 4.98 Å². The molecule has 14 heavy (non-hydrogen) atoms. The Kier molecular flexibility index (Phi) is 3.45. The van der Waals surface area contributed by atoms with E-state index in [2.05, 4.69) is 10.3 Å². The zero-order valence-electron chi connectivity index (χ0n) is 8.74. The summed E-state index contributed by atoms with van der Waals surface area (Å²) in [6.45, 7) is 2.34. The lowest BCUT2D eigenvalue weighted by atomic mass is 10.2. The molecule has 76 valence electrons. The van der Waals surface area contributed by atoms with Gasteiger partial charge in [0.1, 0.15) is 6.29 Å². The summed E-state index contributed by atoms with van der Waals surface area (Å²) in [5, 5.41) is 3.06. The Morgan fingerprint density at radius 1 is 1.64 bits per heavy atom. The van der Waals surface area contributed by atoms with Crippen LogP contribution in [0.4, 0.5) is 11.5 Å². The largest absolute Gasteiger partial charge is 0.385 e. The second-order valence-electron chi connectivity index (χ2n) is 3.18. The molecule has 1 aromatic rings. The summed E-state index contributed by atoms with van der Waals surface area (Å²) in [6.07, 6.45) is 2.65. The van der Waals surface area contributed by atoms with Gasteiger partial charge in [0.25, 0.3) is 0 Å². The molecule has 1 heterocycles. The Hall–Kier alpha value is -1.58. The van der Waals surface area contributed by atoms with E-state index in [-0.39, 0.29) is 0 Å². The van der Waals surface area contributed by atoms with Crippen molar-refractivity contribution >= 4 is 17.8 Å². The minimum atomic E-state index is 0.352. The lowest BCUT2D eigenvalue weighted by Crippen LogP contribution is -2.21. The summed E-state index contributed by atoms with van der Waals surface area (Å²) in [7, 11) is 3.68. The fraction of sp³-hybridized carbons (Fsp3) is 0.400. The van der Waals surface area contributed by atoms with Crippen LogP contribution < -0.4 is 10.2 Å². The third-order valence-corrected chi connectivity index (χ3v) is 1.98. The smallest absolute Gasteiger partial charge is 0.152 e. The van der Waals surface area contributed by atoms with Gasteiger partial charge < -0.3 is 15.0 Å². The molecular formula is C10H15N3O. The van der Waals surface area contributed by atoms with Gasteiger partial charge in [0.15, 0.2) is 5.82 Å². The van der Waals surface area contributed by atoms with Crippen LogP contribution in [0.15, 0.2) is 12.3 Å². The maximum atomic E-state index is 10.4. The topological polar surface area (TPSA) is 45.2 Å². The van der Waals surface area contributed by atoms with Crippen LogP contribution in [0.2, 0.25) is 0 Å². The first-order valence-corrected chi connectivity index (χ1v) is 4.48. The maximum absolute atomic E-state index is 10.4. The quantitative estimate of drug-likeness (QED) is 0.726. The molecule has 1 rings (SSSR count). The Morgan fingerprint density at radius 3 is 2.93 bits per heavy atom. The van der Waals surface area contributed by atoms with E-state index in [0.717, 1.165) is 23.4 Å². The van der Waals surface area contributed by atoms with Crippen molar-refractivity contribution in [3.63, 3.8) is 0 Å². The fourth-order valence-corrected chi connectivity index (χ4v) is 1.25. The second kappa shape index (κ2) is 4.60. The number of aryl methyl sites for hydroxylation is 1. The summed E-state index contributed by atoms with van der Waals surface area (Å²) in [5.74, 6) is 0.796. The van der Waals surface area contributed by atoms with E-state index in [1.54, 1.807) is 11.1 Å². The number of carbonyl (C=O) groups is 1. The summed E-state index contributed by atoms with van der Waals surface area (Å²) in [5.41, 5.74) is 2.03. The van der Waals surface area contributed by atoms with E-state index in [1.807, 2.05) is 27.1 Å². The molecule has 1 N–H and O–H groups in total. The molecular weight excluding hydrogens is 178 g/mol. The zero-order chi connectivity index (χ0) is 10.6. The minimum Gasteiger partial charge on any atom is -0.385 e. The van der Waals surface area contributed by atoms with E-state index in [9.17, 15) is 4.79 Å². The highest BCUT2D eigenvalue weighted by Crippen LogP contribution is 2.21. The number of likely N-dealkylation sites (N-methyl/N-ethyl adjacent to an activating group) is 1. The van der Waals surface area contributed by atoms with Crippen molar-refractivity contribution in [1.29, 1.82) is 0 Å². The highest BCUT2D eigenvalue weighted by molar-refractivity contribution is 5.69. The first kappa shape index (κ1) is 10.5. The normalized spacial score (nSPS) is 9.64. The number of aromatic nitrogens is 1. The molecule has 0 aromatic carbocycles. The molecule has 0 radical (unpaired) electrons. The van der Waals surface area contributed by atoms with Crippen LogP contribution in [-0.4, -0.2) is 31.9 Å². The maximum Gasteiger partial charge on any atom is 0.152 e. The van der Waals surface area contributed by atoms with Gasteiger partial charge >= 0.3 is 0 Å². The van der Waals surface area contributed by atoms with Crippen LogP contribution >= 0.6 is 0 Å². The number of rotatable bonds is 4. The summed E-state index contributed by atoms with van der Waals surface area (Å²) < 4.78 is 0. The minimum absolute atomic E-state index is 0.352. The number of hydrogen-bond acceptors (Lipinski definition) is 4. The van der Waals surface area contributed by atoms with Crippen LogP contribution in [0.5, 0.6) is 0 Å². The molecule has 0 saturated carbocycles. The van der Waals surface area contributed by atoms with Crippen LogP contribution in [0.25, 0.3) is 0 Å². The van der Waals surface area contributed by atoms with E-state index in [4.69, 9.17) is 0 Å². The fourth-order valence-electron chi connectivity index (χ4n) is 1.25. The first-order chi connectivity index (χ1) is 6.69. The van der Waals surface area contributed by atoms with Gasteiger partial charge in [0.2, 0.25) is 0 Å². The predicted octanol–water partition coefficient (Wildman–Crippen LogP) is 1.07. The van der Waals surface area contributed by atoms with Gasteiger partial charge in [-0.25, -0.2) is 4.98 Å². The van der Waals surface area contributed by atoms with Gasteiger partial charge in [-0.15, -0.1) is 0 Å². The van der Waals surface area contributed by atoms with Gasteiger partial charge in [-0.2, -0.15) is 0 Å². The van der Waals surface area contributed by atoms with Gasteiger partial charge in [-0.05, 0) is 18.6 Å². The first-order valence-electron chi connectivity index (χ1n) is 4.48. The highest BCUT2D eigenvalue weighted by Gasteiger charge is 2.07. The Balaban J connectivity index is 3.00. The number of pyridine rings is 1. The van der Waals surface area contributed by atoms with E-state index in [0.29, 0.717) is 6.54 Å². The van der Waals surface area contributed by atoms with Gasteiger partial charge in [0, 0.05) is 20.3 Å². The molecule has 0 saturated heterocycles. The molecule has 0 atom stereocenters. The lowest BCUT2D eigenvalue weighted by Gasteiger charge is -2.18. The van der Waals surface area contributed by atoms with E-state index in [1.165, 1.54) is 0 Å². The molecule has 0 unspecified atom stereocenters. The predicted molar refractivity (Wildman–Crippen MR) is 57.9 cm³/mol. The van der Waals surface area contributed by atoms with Crippen molar-refractivity contribution in [3.05, 3.63) is 17.8 Å². The number of carbonyl (C=O) groups excluding carboxylic acids is 1. The van der Waals surface area contributed by atoms with Gasteiger partial charge in [-0.1, -0.05) is 0 Å². The molecule has 4 heteroatoms. The monoisotopic (exact) mass is 193 g/mol. The van der Waals surface area contributed by atoms with Crippen LogP contribution in [0.3, 0.4) is 0 Å². The van der Waals surface area contributed by atoms with Crippen LogP contribution in [0, 0.1) is 6.92 Å². The molecule has 4 nitrogen and oxygen atoms in total. The summed E-state index contributed by atoms with van der Waals surface area (Å²) >= 11 is 0. The number of hydrogen-bond donors (Lipinski definition) is 1. The number of nitrogens with one attached hydrogen (secondary N) is 1. The molecule has 0 fully saturated rings. The average Bonchev–Trinajstić information content (AvgIpc) is 2.17. The Bertz CT molecular complexity index is 325. The van der Waals surface area contributed by atoms with Gasteiger partial charge in [0.05, 0.1) is 12.2 Å². The highest BCUT2D eigenvalue weighted by atomic mass is 16.1. The van der Waals surface area contributed by atoms with Crippen LogP contribution in [0.1, 0.15) is 5.56 Å². The molecule has 0 aliphatic heterocycles. The molecule has 1 aromatic heterocycles. The van der Waals surface area contributed by atoms with Crippen molar-refractivity contribution in [3.8, 4) is 0 Å². The summed E-state index contributed by atoms with van der Waals surface area (Å²) in [6, 6.07) is 2.00. The number of aldehydes is 1. The van der Waals surface area contributed by atoms with E-state index >= 15 is 0 Å². The molecule has 0 aliphatic carbocycles. The van der Waals surface area contributed by atoms with Crippen molar-refractivity contribution in [2.45, 2.75) is 6.92 Å². The second-order valence-corrected chi connectivity index (χ2v) is 3.18. The lowest BCUT2D eigenvalue weighted by molar-refractivity contribution is -0.106. The molecule has 0 amide bonds. The summed E-state index contributed by atoms with van der Waals surface area (Å²) in [4.78, 5) is 16.4. The molecule has 0 aliphatic rings. The SMILES string of the molecule is CNc1cc(C)cnc1N(C)CC=O. The Morgan fingerprint density at radius 2 is 2.36 bits per heavy atom. The number of nitrogens with zero attached hydrogens (tertiary/aromatic N) is 2. The average molecular weight is 193 g/mol. The van der Waals surface area contributed by atoms with E-state index < -0.39 is 0 Å². The third-order valence-electron chi connectivity index (χ3n) is 1.98. The third kappa shape index (κ3) is 2.22. The standard InChI is InChI=1S/C10H15N3O/c1-8-6-9(11-2)10(12-7-8)13(3)4-5-14/h5-7,11H,4H2,1-3H3. The zero-order valence-corrected chi connectivity index (χ0v) is 8.74. The van der Waals surface area contributed by atoms with Crippen LogP contribution in [-0.2, 0) is 4.79 Å². The number of anilines is 2. The van der Waals surface area contributed by atoms with Crippen molar-refractivity contribution < 1.29 is 4.79 Å². The Labute approximate surface area is 83.9 Å².